The van der Waals surface area contributed by atoms with Crippen molar-refractivity contribution in [2.45, 2.75) is 6.92 Å². The van der Waals surface area contributed by atoms with Crippen molar-refractivity contribution in [3.05, 3.63) is 57.6 Å². The quantitative estimate of drug-likeness (QED) is 0.269. The highest BCUT2D eigenvalue weighted by Gasteiger charge is 2.12. The van der Waals surface area contributed by atoms with E-state index in [4.69, 9.17) is 11.6 Å². The molecule has 0 saturated heterocycles. The van der Waals surface area contributed by atoms with E-state index in [0.29, 0.717) is 11.4 Å². The lowest BCUT2D eigenvalue weighted by molar-refractivity contribution is -0.868. The standard InChI is InChI=1S/C19H25ClN5O2/c1-5-23(12-13-25(2,3)4)16-8-6-15(7-9-16)21-22-19-11-10-17(24(26)27)14-18(19)20/h6-11,14H,5,12-13H2,1-4H3/q+1/b22-21+. The highest BCUT2D eigenvalue weighted by molar-refractivity contribution is 6.33. The average Bonchev–Trinajstić information content (AvgIpc) is 2.61. The van der Waals surface area contributed by atoms with E-state index in [-0.39, 0.29) is 10.7 Å². The molecule has 0 N–H and O–H groups in total. The molecule has 0 aliphatic carbocycles. The van der Waals surface area contributed by atoms with Gasteiger partial charge in [0, 0.05) is 24.4 Å². The number of benzene rings is 2. The Labute approximate surface area is 164 Å². The number of azo groups is 1. The zero-order chi connectivity index (χ0) is 20.0. The van der Waals surface area contributed by atoms with Crippen LogP contribution >= 0.6 is 11.6 Å². The van der Waals surface area contributed by atoms with Crippen molar-refractivity contribution in [1.82, 2.24) is 0 Å². The third kappa shape index (κ3) is 6.30. The van der Waals surface area contributed by atoms with Crippen molar-refractivity contribution in [3.8, 4) is 0 Å². The molecule has 0 fully saturated rings. The van der Waals surface area contributed by atoms with E-state index < -0.39 is 4.92 Å². The molecule has 8 heteroatoms. The first-order valence-electron chi connectivity index (χ1n) is 8.71. The summed E-state index contributed by atoms with van der Waals surface area (Å²) in [5.74, 6) is 0. The molecule has 0 heterocycles. The molecule has 2 rings (SSSR count). The van der Waals surface area contributed by atoms with Crippen molar-refractivity contribution in [2.24, 2.45) is 10.2 Å². The van der Waals surface area contributed by atoms with Gasteiger partial charge in [-0.15, -0.1) is 5.11 Å². The molecular formula is C19H25ClN5O2+. The summed E-state index contributed by atoms with van der Waals surface area (Å²) in [7, 11) is 6.54. The number of halogens is 1. The Bertz CT molecular complexity index is 816. The van der Waals surface area contributed by atoms with Crippen molar-refractivity contribution in [3.63, 3.8) is 0 Å². The number of hydrogen-bond acceptors (Lipinski definition) is 5. The third-order valence-corrected chi connectivity index (χ3v) is 4.36. The number of hydrogen-bond donors (Lipinski definition) is 0. The fraction of sp³-hybridized carbons (Fsp3) is 0.368. The van der Waals surface area contributed by atoms with E-state index >= 15 is 0 Å². The Hall–Kier alpha value is -2.51. The van der Waals surface area contributed by atoms with Gasteiger partial charge in [-0.3, -0.25) is 10.1 Å². The Morgan fingerprint density at radius 3 is 2.30 bits per heavy atom. The summed E-state index contributed by atoms with van der Waals surface area (Å²) in [6.07, 6.45) is 0. The molecule has 0 bridgehead atoms. The Morgan fingerprint density at radius 1 is 1.11 bits per heavy atom. The molecule has 144 valence electrons. The van der Waals surface area contributed by atoms with Crippen LogP contribution in [0.15, 0.2) is 52.7 Å². The lowest BCUT2D eigenvalue weighted by Gasteiger charge is -2.29. The van der Waals surface area contributed by atoms with Crippen molar-refractivity contribution < 1.29 is 9.41 Å². The molecule has 0 spiro atoms. The molecule has 0 aliphatic heterocycles. The van der Waals surface area contributed by atoms with Gasteiger partial charge in [-0.25, -0.2) is 0 Å². The number of nitrogens with zero attached hydrogens (tertiary/aromatic N) is 5. The predicted octanol–water partition coefficient (Wildman–Crippen LogP) is 5.20. The summed E-state index contributed by atoms with van der Waals surface area (Å²) in [5.41, 5.74) is 2.15. The smallest absolute Gasteiger partial charge is 0.271 e. The first-order chi connectivity index (χ1) is 12.7. The van der Waals surface area contributed by atoms with Gasteiger partial charge in [0.15, 0.2) is 0 Å². The predicted molar refractivity (Wildman–Crippen MR) is 110 cm³/mol. The Kier molecular flexibility index (Phi) is 6.87. The largest absolute Gasteiger partial charge is 0.366 e. The average molecular weight is 391 g/mol. The monoisotopic (exact) mass is 390 g/mol. The summed E-state index contributed by atoms with van der Waals surface area (Å²) in [6, 6.07) is 11.9. The molecule has 0 aliphatic rings. The highest BCUT2D eigenvalue weighted by Crippen LogP contribution is 2.30. The molecular weight excluding hydrogens is 366 g/mol. The van der Waals surface area contributed by atoms with Gasteiger partial charge in [0.25, 0.3) is 5.69 Å². The first kappa shape index (κ1) is 20.8. The Balaban J connectivity index is 2.08. The van der Waals surface area contributed by atoms with Gasteiger partial charge in [0.2, 0.25) is 0 Å². The molecule has 0 atom stereocenters. The minimum Gasteiger partial charge on any atom is -0.366 e. The fourth-order valence-electron chi connectivity index (χ4n) is 2.42. The molecule has 2 aromatic carbocycles. The summed E-state index contributed by atoms with van der Waals surface area (Å²) in [4.78, 5) is 12.6. The van der Waals surface area contributed by atoms with E-state index in [9.17, 15) is 10.1 Å². The van der Waals surface area contributed by atoms with Crippen LogP contribution in [0.4, 0.5) is 22.7 Å². The summed E-state index contributed by atoms with van der Waals surface area (Å²) in [5, 5.41) is 19.2. The molecule has 27 heavy (non-hydrogen) atoms. The number of quaternary nitrogens is 1. The lowest BCUT2D eigenvalue weighted by Crippen LogP contribution is -2.42. The SMILES string of the molecule is CCN(CC[N+](C)(C)C)c1ccc(/N=N/c2ccc([N+](=O)[O-])cc2Cl)cc1. The molecule has 0 aromatic heterocycles. The second kappa shape index (κ2) is 8.92. The second-order valence-electron chi connectivity index (χ2n) is 7.20. The van der Waals surface area contributed by atoms with E-state index in [1.807, 2.05) is 24.3 Å². The number of non-ortho nitro benzene ring substituents is 1. The van der Waals surface area contributed by atoms with Gasteiger partial charge in [0.1, 0.15) is 5.69 Å². The van der Waals surface area contributed by atoms with E-state index in [0.717, 1.165) is 29.8 Å². The maximum Gasteiger partial charge on any atom is 0.271 e. The van der Waals surface area contributed by atoms with Gasteiger partial charge in [-0.05, 0) is 37.3 Å². The van der Waals surface area contributed by atoms with Gasteiger partial charge >= 0.3 is 0 Å². The van der Waals surface area contributed by atoms with Crippen LogP contribution in [0.1, 0.15) is 6.92 Å². The van der Waals surface area contributed by atoms with Crippen LogP contribution in [0.2, 0.25) is 5.02 Å². The van der Waals surface area contributed by atoms with Crippen molar-refractivity contribution in [2.75, 3.05) is 45.7 Å². The van der Waals surface area contributed by atoms with Gasteiger partial charge < -0.3 is 9.38 Å². The van der Waals surface area contributed by atoms with Gasteiger partial charge in [0.05, 0.1) is 49.9 Å². The normalized spacial score (nSPS) is 11.7. The molecule has 2 aromatic rings. The summed E-state index contributed by atoms with van der Waals surface area (Å²) in [6.45, 7) is 5.09. The van der Waals surface area contributed by atoms with Crippen LogP contribution in [0.5, 0.6) is 0 Å². The highest BCUT2D eigenvalue weighted by atomic mass is 35.5. The van der Waals surface area contributed by atoms with Crippen LogP contribution in [0, 0.1) is 10.1 Å². The third-order valence-electron chi connectivity index (χ3n) is 4.05. The molecule has 0 unspecified atom stereocenters. The zero-order valence-corrected chi connectivity index (χ0v) is 16.8. The number of nitro groups is 1. The Morgan fingerprint density at radius 2 is 1.78 bits per heavy atom. The van der Waals surface area contributed by atoms with Crippen LogP contribution < -0.4 is 4.90 Å². The van der Waals surface area contributed by atoms with E-state index in [2.05, 4.69) is 43.2 Å². The minimum atomic E-state index is -0.496. The minimum absolute atomic E-state index is 0.0724. The summed E-state index contributed by atoms with van der Waals surface area (Å²) >= 11 is 6.03. The topological polar surface area (TPSA) is 71.1 Å². The lowest BCUT2D eigenvalue weighted by atomic mass is 10.2. The second-order valence-corrected chi connectivity index (χ2v) is 7.61. The number of nitro benzene ring substituents is 1. The van der Waals surface area contributed by atoms with Gasteiger partial charge in [-0.2, -0.15) is 5.11 Å². The first-order valence-corrected chi connectivity index (χ1v) is 9.08. The van der Waals surface area contributed by atoms with Crippen LogP contribution in [-0.4, -0.2) is 50.2 Å². The number of likely N-dealkylation sites (N-methyl/N-ethyl adjacent to an activating group) is 2. The number of rotatable bonds is 8. The molecule has 0 radical (unpaired) electrons. The molecule has 0 saturated carbocycles. The number of anilines is 1. The molecule has 7 nitrogen and oxygen atoms in total. The van der Waals surface area contributed by atoms with E-state index in [1.165, 1.54) is 18.2 Å². The zero-order valence-electron chi connectivity index (χ0n) is 16.1. The van der Waals surface area contributed by atoms with E-state index in [1.54, 1.807) is 0 Å². The maximum atomic E-state index is 10.7. The van der Waals surface area contributed by atoms with Crippen LogP contribution in [0.3, 0.4) is 0 Å². The van der Waals surface area contributed by atoms with Crippen LogP contribution in [-0.2, 0) is 0 Å². The molecule has 0 amide bonds. The van der Waals surface area contributed by atoms with Crippen LogP contribution in [0.25, 0.3) is 0 Å². The summed E-state index contributed by atoms with van der Waals surface area (Å²) < 4.78 is 0.915. The fourth-order valence-corrected chi connectivity index (χ4v) is 2.64. The van der Waals surface area contributed by atoms with Crippen molar-refractivity contribution in [1.29, 1.82) is 0 Å². The van der Waals surface area contributed by atoms with Crippen molar-refractivity contribution >= 4 is 34.4 Å². The maximum absolute atomic E-state index is 10.7. The van der Waals surface area contributed by atoms with Gasteiger partial charge in [-0.1, -0.05) is 11.6 Å².